The van der Waals surface area contributed by atoms with E-state index in [-0.39, 0.29) is 5.91 Å². The van der Waals surface area contributed by atoms with E-state index in [2.05, 4.69) is 11.9 Å². The van der Waals surface area contributed by atoms with Crippen LogP contribution in [-0.4, -0.2) is 5.91 Å². The first kappa shape index (κ1) is 11.9. The highest BCUT2D eigenvalue weighted by Crippen LogP contribution is 2.13. The molecule has 0 fully saturated rings. The van der Waals surface area contributed by atoms with E-state index >= 15 is 0 Å². The molecule has 0 aliphatic heterocycles. The average molecular weight is 238 g/mol. The van der Waals surface area contributed by atoms with Crippen molar-refractivity contribution in [1.82, 2.24) is 0 Å². The number of carbonyl (C=O) groups is 1. The number of nitrogens with two attached hydrogens (primary N) is 1. The van der Waals surface area contributed by atoms with E-state index in [9.17, 15) is 4.79 Å². The van der Waals surface area contributed by atoms with Crippen LogP contribution < -0.4 is 11.1 Å². The molecule has 0 atom stereocenters. The number of benzene rings is 2. The molecule has 3 heteroatoms. The van der Waals surface area contributed by atoms with Gasteiger partial charge in [-0.1, -0.05) is 24.8 Å². The Labute approximate surface area is 106 Å². The molecule has 18 heavy (non-hydrogen) atoms. The SMILES string of the molecule is C=Cc1cccc(NC(=O)c2ccc(N)cc2)c1. The van der Waals surface area contributed by atoms with E-state index in [1.54, 1.807) is 30.3 Å². The molecular formula is C15H14N2O. The first-order valence-corrected chi connectivity index (χ1v) is 5.58. The molecule has 0 saturated carbocycles. The standard InChI is InChI=1S/C15H14N2O/c1-2-11-4-3-5-14(10-11)17-15(18)12-6-8-13(16)9-7-12/h2-10H,1,16H2,(H,17,18). The van der Waals surface area contributed by atoms with E-state index in [1.807, 2.05) is 24.3 Å². The van der Waals surface area contributed by atoms with Gasteiger partial charge in [0.15, 0.2) is 0 Å². The molecule has 0 aromatic heterocycles. The van der Waals surface area contributed by atoms with Gasteiger partial charge in [0, 0.05) is 16.9 Å². The zero-order chi connectivity index (χ0) is 13.0. The summed E-state index contributed by atoms with van der Waals surface area (Å²) in [5.41, 5.74) is 8.50. The third kappa shape index (κ3) is 2.77. The monoisotopic (exact) mass is 238 g/mol. The van der Waals surface area contributed by atoms with Gasteiger partial charge in [0.1, 0.15) is 0 Å². The molecule has 90 valence electrons. The molecular weight excluding hydrogens is 224 g/mol. The van der Waals surface area contributed by atoms with Gasteiger partial charge in [-0.25, -0.2) is 0 Å². The normalized spacial score (nSPS) is 9.78. The topological polar surface area (TPSA) is 55.1 Å². The van der Waals surface area contributed by atoms with Crippen LogP contribution in [0.4, 0.5) is 11.4 Å². The number of hydrogen-bond acceptors (Lipinski definition) is 2. The fraction of sp³-hybridized carbons (Fsp3) is 0. The highest BCUT2D eigenvalue weighted by Gasteiger charge is 2.05. The molecule has 0 radical (unpaired) electrons. The Balaban J connectivity index is 2.15. The zero-order valence-corrected chi connectivity index (χ0v) is 9.89. The second-order valence-corrected chi connectivity index (χ2v) is 3.91. The smallest absolute Gasteiger partial charge is 0.255 e. The second-order valence-electron chi connectivity index (χ2n) is 3.91. The summed E-state index contributed by atoms with van der Waals surface area (Å²) >= 11 is 0. The third-order valence-corrected chi connectivity index (χ3v) is 2.55. The largest absolute Gasteiger partial charge is 0.399 e. The van der Waals surface area contributed by atoms with Gasteiger partial charge in [0.05, 0.1) is 0 Å². The first-order chi connectivity index (χ1) is 8.69. The molecule has 0 unspecified atom stereocenters. The maximum atomic E-state index is 11.9. The van der Waals surface area contributed by atoms with Gasteiger partial charge in [-0.3, -0.25) is 4.79 Å². The number of nitrogens with one attached hydrogen (secondary N) is 1. The third-order valence-electron chi connectivity index (χ3n) is 2.55. The molecule has 0 spiro atoms. The van der Waals surface area contributed by atoms with Crippen LogP contribution in [0.1, 0.15) is 15.9 Å². The van der Waals surface area contributed by atoms with Crippen molar-refractivity contribution >= 4 is 23.4 Å². The van der Waals surface area contributed by atoms with E-state index in [0.717, 1.165) is 11.3 Å². The Kier molecular flexibility index (Phi) is 3.44. The van der Waals surface area contributed by atoms with Crippen molar-refractivity contribution in [2.24, 2.45) is 0 Å². The van der Waals surface area contributed by atoms with Crippen molar-refractivity contribution in [2.45, 2.75) is 0 Å². The van der Waals surface area contributed by atoms with Gasteiger partial charge in [-0.15, -0.1) is 0 Å². The molecule has 2 aromatic rings. The summed E-state index contributed by atoms with van der Waals surface area (Å²) in [5, 5.41) is 2.82. The minimum Gasteiger partial charge on any atom is -0.399 e. The number of anilines is 2. The number of carbonyl (C=O) groups excluding carboxylic acids is 1. The summed E-state index contributed by atoms with van der Waals surface area (Å²) in [6, 6.07) is 14.3. The van der Waals surface area contributed by atoms with Crippen molar-refractivity contribution in [3.05, 3.63) is 66.2 Å². The van der Waals surface area contributed by atoms with Crippen LogP contribution in [-0.2, 0) is 0 Å². The summed E-state index contributed by atoms with van der Waals surface area (Å²) in [6.07, 6.45) is 1.73. The number of rotatable bonds is 3. The first-order valence-electron chi connectivity index (χ1n) is 5.58. The van der Waals surface area contributed by atoms with Crippen molar-refractivity contribution < 1.29 is 4.79 Å². The molecule has 0 saturated heterocycles. The Morgan fingerprint density at radius 1 is 1.17 bits per heavy atom. The predicted molar refractivity (Wildman–Crippen MR) is 75.3 cm³/mol. The van der Waals surface area contributed by atoms with Crippen LogP contribution in [0, 0.1) is 0 Å². The van der Waals surface area contributed by atoms with E-state index in [0.29, 0.717) is 11.3 Å². The molecule has 0 heterocycles. The minimum atomic E-state index is -0.156. The molecule has 1 amide bonds. The number of amides is 1. The van der Waals surface area contributed by atoms with Crippen LogP contribution in [0.3, 0.4) is 0 Å². The lowest BCUT2D eigenvalue weighted by atomic mass is 10.1. The van der Waals surface area contributed by atoms with Crippen LogP contribution in [0.15, 0.2) is 55.1 Å². The van der Waals surface area contributed by atoms with Crippen LogP contribution in [0.2, 0.25) is 0 Å². The fourth-order valence-electron chi connectivity index (χ4n) is 1.58. The van der Waals surface area contributed by atoms with E-state index in [1.165, 1.54) is 0 Å². The Morgan fingerprint density at radius 2 is 1.89 bits per heavy atom. The van der Waals surface area contributed by atoms with Crippen molar-refractivity contribution in [3.8, 4) is 0 Å². The van der Waals surface area contributed by atoms with Gasteiger partial charge in [-0.2, -0.15) is 0 Å². The Morgan fingerprint density at radius 3 is 2.56 bits per heavy atom. The van der Waals surface area contributed by atoms with Gasteiger partial charge >= 0.3 is 0 Å². The van der Waals surface area contributed by atoms with E-state index < -0.39 is 0 Å². The quantitative estimate of drug-likeness (QED) is 0.807. The molecule has 0 bridgehead atoms. The summed E-state index contributed by atoms with van der Waals surface area (Å²) in [6.45, 7) is 3.69. The highest BCUT2D eigenvalue weighted by molar-refractivity contribution is 6.04. The van der Waals surface area contributed by atoms with Crippen molar-refractivity contribution in [2.75, 3.05) is 11.1 Å². The predicted octanol–water partition coefficient (Wildman–Crippen LogP) is 3.16. The summed E-state index contributed by atoms with van der Waals surface area (Å²) in [7, 11) is 0. The Hall–Kier alpha value is -2.55. The van der Waals surface area contributed by atoms with Crippen molar-refractivity contribution in [3.63, 3.8) is 0 Å². The average Bonchev–Trinajstić information content (AvgIpc) is 2.39. The summed E-state index contributed by atoms with van der Waals surface area (Å²) in [4.78, 5) is 11.9. The van der Waals surface area contributed by atoms with Gasteiger partial charge in [0.2, 0.25) is 0 Å². The maximum absolute atomic E-state index is 11.9. The molecule has 2 aromatic carbocycles. The lowest BCUT2D eigenvalue weighted by Crippen LogP contribution is -2.11. The minimum absolute atomic E-state index is 0.156. The number of hydrogen-bond donors (Lipinski definition) is 2. The number of nitrogen functional groups attached to an aromatic ring is 1. The summed E-state index contributed by atoms with van der Waals surface area (Å²) < 4.78 is 0. The maximum Gasteiger partial charge on any atom is 0.255 e. The van der Waals surface area contributed by atoms with Crippen LogP contribution in [0.25, 0.3) is 6.08 Å². The molecule has 3 N–H and O–H groups in total. The lowest BCUT2D eigenvalue weighted by Gasteiger charge is -2.06. The summed E-state index contributed by atoms with van der Waals surface area (Å²) in [5.74, 6) is -0.156. The van der Waals surface area contributed by atoms with Crippen LogP contribution in [0.5, 0.6) is 0 Å². The highest BCUT2D eigenvalue weighted by atomic mass is 16.1. The molecule has 0 aliphatic rings. The fourth-order valence-corrected chi connectivity index (χ4v) is 1.58. The van der Waals surface area contributed by atoms with E-state index in [4.69, 9.17) is 5.73 Å². The van der Waals surface area contributed by atoms with Gasteiger partial charge < -0.3 is 11.1 Å². The molecule has 3 nitrogen and oxygen atoms in total. The van der Waals surface area contributed by atoms with Gasteiger partial charge in [-0.05, 0) is 42.0 Å². The second kappa shape index (κ2) is 5.19. The molecule has 0 aliphatic carbocycles. The van der Waals surface area contributed by atoms with Crippen molar-refractivity contribution in [1.29, 1.82) is 0 Å². The van der Waals surface area contributed by atoms with Crippen LogP contribution >= 0.6 is 0 Å². The van der Waals surface area contributed by atoms with Gasteiger partial charge in [0.25, 0.3) is 5.91 Å². The molecule has 2 rings (SSSR count). The zero-order valence-electron chi connectivity index (χ0n) is 9.89. The Bertz CT molecular complexity index is 573. The lowest BCUT2D eigenvalue weighted by molar-refractivity contribution is 0.102.